The SMILES string of the molecule is COC(=O)C1=C(COC(=O)C2CC2)O[C@@](O)(COC(=O)C2CC2)[C@]1(O)C(=O)OC. The minimum absolute atomic E-state index is 0.267. The molecule has 0 bridgehead atoms. The fourth-order valence-electron chi connectivity index (χ4n) is 2.91. The normalized spacial score (nSPS) is 28.4. The van der Waals surface area contributed by atoms with Crippen LogP contribution in [0.5, 0.6) is 0 Å². The molecule has 0 radical (unpaired) electrons. The second kappa shape index (κ2) is 7.64. The maximum Gasteiger partial charge on any atom is 0.350 e. The number of carbonyl (C=O) groups excluding carboxylic acids is 4. The zero-order chi connectivity index (χ0) is 21.4. The Bertz CT molecular complexity index is 764. The first-order valence-corrected chi connectivity index (χ1v) is 9.05. The lowest BCUT2D eigenvalue weighted by molar-refractivity contribution is -0.271. The molecule has 0 aromatic heterocycles. The molecule has 1 aliphatic heterocycles. The summed E-state index contributed by atoms with van der Waals surface area (Å²) in [6, 6.07) is 0. The predicted molar refractivity (Wildman–Crippen MR) is 89.4 cm³/mol. The molecule has 0 aromatic carbocycles. The Hall–Kier alpha value is -2.66. The van der Waals surface area contributed by atoms with Gasteiger partial charge in [-0.2, -0.15) is 0 Å². The van der Waals surface area contributed by atoms with Crippen LogP contribution in [0.4, 0.5) is 0 Å². The predicted octanol–water partition coefficient (Wildman–Crippen LogP) is -1.06. The largest absolute Gasteiger partial charge is 0.466 e. The smallest absolute Gasteiger partial charge is 0.350 e. The lowest BCUT2D eigenvalue weighted by Crippen LogP contribution is -2.62. The molecule has 2 saturated carbocycles. The summed E-state index contributed by atoms with van der Waals surface area (Å²) in [5.74, 6) is -7.88. The van der Waals surface area contributed by atoms with Gasteiger partial charge in [-0.1, -0.05) is 0 Å². The van der Waals surface area contributed by atoms with Gasteiger partial charge in [-0.05, 0) is 25.7 Å². The lowest BCUT2D eigenvalue weighted by atomic mass is 9.86. The molecular formula is C18H22O11. The van der Waals surface area contributed by atoms with Crippen molar-refractivity contribution in [2.24, 2.45) is 11.8 Å². The number of rotatable bonds is 8. The van der Waals surface area contributed by atoms with Gasteiger partial charge in [0.25, 0.3) is 11.4 Å². The quantitative estimate of drug-likeness (QED) is 0.369. The molecule has 0 saturated heterocycles. The van der Waals surface area contributed by atoms with Crippen molar-refractivity contribution in [1.29, 1.82) is 0 Å². The van der Waals surface area contributed by atoms with Crippen LogP contribution in [0.3, 0.4) is 0 Å². The summed E-state index contributed by atoms with van der Waals surface area (Å²) in [5.41, 5.74) is -3.89. The van der Waals surface area contributed by atoms with Gasteiger partial charge in [-0.15, -0.1) is 0 Å². The summed E-state index contributed by atoms with van der Waals surface area (Å²) in [6.45, 7) is -1.63. The van der Waals surface area contributed by atoms with Gasteiger partial charge in [-0.3, -0.25) is 9.59 Å². The fraction of sp³-hybridized carbons (Fsp3) is 0.667. The molecule has 160 valence electrons. The van der Waals surface area contributed by atoms with Crippen molar-refractivity contribution in [3.8, 4) is 0 Å². The molecule has 0 aromatic rings. The van der Waals surface area contributed by atoms with Gasteiger partial charge in [0.15, 0.2) is 12.4 Å². The Morgan fingerprint density at radius 1 is 0.966 bits per heavy atom. The summed E-state index contributed by atoms with van der Waals surface area (Å²) < 4.78 is 24.4. The average molecular weight is 414 g/mol. The second-order valence-corrected chi connectivity index (χ2v) is 7.14. The maximum absolute atomic E-state index is 12.4. The number of methoxy groups -OCH3 is 2. The second-order valence-electron chi connectivity index (χ2n) is 7.14. The molecule has 11 heteroatoms. The highest BCUT2D eigenvalue weighted by Gasteiger charge is 2.70. The van der Waals surface area contributed by atoms with E-state index >= 15 is 0 Å². The van der Waals surface area contributed by atoms with E-state index in [4.69, 9.17) is 14.2 Å². The number of ether oxygens (including phenoxy) is 5. The summed E-state index contributed by atoms with van der Waals surface area (Å²) in [6.07, 6.45) is 2.56. The lowest BCUT2D eigenvalue weighted by Gasteiger charge is -2.34. The van der Waals surface area contributed by atoms with Crippen LogP contribution in [-0.2, 0) is 42.9 Å². The van der Waals surface area contributed by atoms with Crippen molar-refractivity contribution in [2.45, 2.75) is 37.1 Å². The Balaban J connectivity index is 1.90. The van der Waals surface area contributed by atoms with Gasteiger partial charge in [0, 0.05) is 0 Å². The number of aliphatic hydroxyl groups is 2. The monoisotopic (exact) mass is 414 g/mol. The molecule has 0 unspecified atom stereocenters. The maximum atomic E-state index is 12.4. The van der Waals surface area contributed by atoms with Crippen LogP contribution in [0, 0.1) is 11.8 Å². The summed E-state index contributed by atoms with van der Waals surface area (Å²) in [4.78, 5) is 48.3. The molecular weight excluding hydrogens is 392 g/mol. The van der Waals surface area contributed by atoms with E-state index in [0.717, 1.165) is 14.2 Å². The molecule has 11 nitrogen and oxygen atoms in total. The van der Waals surface area contributed by atoms with Gasteiger partial charge in [-0.25, -0.2) is 9.59 Å². The van der Waals surface area contributed by atoms with Gasteiger partial charge >= 0.3 is 23.9 Å². The summed E-state index contributed by atoms with van der Waals surface area (Å²) in [7, 11) is 1.89. The van der Waals surface area contributed by atoms with Crippen molar-refractivity contribution < 1.29 is 53.1 Å². The molecule has 3 aliphatic rings. The summed E-state index contributed by atoms with van der Waals surface area (Å²) in [5, 5.41) is 21.9. The number of carbonyl (C=O) groups is 4. The molecule has 3 rings (SSSR count). The van der Waals surface area contributed by atoms with Gasteiger partial charge in [0.05, 0.1) is 26.1 Å². The molecule has 1 heterocycles. The molecule has 2 N–H and O–H groups in total. The van der Waals surface area contributed by atoms with Crippen molar-refractivity contribution in [3.05, 3.63) is 11.3 Å². The van der Waals surface area contributed by atoms with Crippen LogP contribution in [0.25, 0.3) is 0 Å². The van der Waals surface area contributed by atoms with Gasteiger partial charge in [0.1, 0.15) is 12.2 Å². The van der Waals surface area contributed by atoms with Crippen LogP contribution >= 0.6 is 0 Å². The third kappa shape index (κ3) is 3.79. The molecule has 2 aliphatic carbocycles. The Morgan fingerprint density at radius 2 is 1.52 bits per heavy atom. The fourth-order valence-corrected chi connectivity index (χ4v) is 2.91. The van der Waals surface area contributed by atoms with E-state index in [-0.39, 0.29) is 11.8 Å². The number of hydrogen-bond donors (Lipinski definition) is 2. The van der Waals surface area contributed by atoms with Crippen LogP contribution in [0.2, 0.25) is 0 Å². The number of esters is 4. The first-order chi connectivity index (χ1) is 13.7. The van der Waals surface area contributed by atoms with Crippen LogP contribution in [0.15, 0.2) is 11.3 Å². The van der Waals surface area contributed by atoms with E-state index in [1.807, 2.05) is 0 Å². The molecule has 0 amide bonds. The Kier molecular flexibility index (Phi) is 5.54. The molecule has 2 fully saturated rings. The highest BCUT2D eigenvalue weighted by molar-refractivity contribution is 6.02. The van der Waals surface area contributed by atoms with E-state index < -0.39 is 59.8 Å². The zero-order valence-corrected chi connectivity index (χ0v) is 16.0. The van der Waals surface area contributed by atoms with Crippen molar-refractivity contribution in [3.63, 3.8) is 0 Å². The molecule has 0 spiro atoms. The Labute approximate surface area is 165 Å². The number of hydrogen-bond acceptors (Lipinski definition) is 11. The third-order valence-electron chi connectivity index (χ3n) is 4.95. The van der Waals surface area contributed by atoms with Crippen LogP contribution in [0.1, 0.15) is 25.7 Å². The van der Waals surface area contributed by atoms with Crippen LogP contribution in [-0.4, -0.2) is 72.9 Å². The van der Waals surface area contributed by atoms with E-state index in [1.54, 1.807) is 0 Å². The first kappa shape index (κ1) is 21.1. The van der Waals surface area contributed by atoms with Crippen molar-refractivity contribution in [1.82, 2.24) is 0 Å². The van der Waals surface area contributed by atoms with E-state index in [9.17, 15) is 29.4 Å². The zero-order valence-electron chi connectivity index (χ0n) is 16.0. The average Bonchev–Trinajstić information content (AvgIpc) is 3.60. The van der Waals surface area contributed by atoms with E-state index in [1.165, 1.54) is 0 Å². The van der Waals surface area contributed by atoms with E-state index in [2.05, 4.69) is 9.47 Å². The molecule has 29 heavy (non-hydrogen) atoms. The summed E-state index contributed by atoms with van der Waals surface area (Å²) >= 11 is 0. The van der Waals surface area contributed by atoms with Crippen LogP contribution < -0.4 is 0 Å². The van der Waals surface area contributed by atoms with Gasteiger partial charge in [0.2, 0.25) is 0 Å². The Morgan fingerprint density at radius 3 is 2.00 bits per heavy atom. The highest BCUT2D eigenvalue weighted by atomic mass is 16.7. The van der Waals surface area contributed by atoms with Crippen molar-refractivity contribution >= 4 is 23.9 Å². The van der Waals surface area contributed by atoms with E-state index in [0.29, 0.717) is 25.7 Å². The minimum Gasteiger partial charge on any atom is -0.466 e. The standard InChI is InChI=1S/C18H22O11/c1-25-15(21)12-11(7-27-13(19)9-3-4-9)29-17(23,18(12,24)16(22)26-2)8-28-14(20)10-5-6-10/h9-10,23-24H,3-8H2,1-2H3/t17-,18+/m0/s1. The third-order valence-corrected chi connectivity index (χ3v) is 4.95. The first-order valence-electron chi connectivity index (χ1n) is 9.05. The van der Waals surface area contributed by atoms with Crippen molar-refractivity contribution in [2.75, 3.05) is 27.4 Å². The topological polar surface area (TPSA) is 155 Å². The minimum atomic E-state index is -3.08. The molecule has 2 atom stereocenters. The highest BCUT2D eigenvalue weighted by Crippen LogP contribution is 2.44. The van der Waals surface area contributed by atoms with Gasteiger partial charge < -0.3 is 33.9 Å².